The molecule has 2 rings (SSSR count). The SMILES string of the molecule is CCOC(=O)CC(NC(=O)c1sc(CC)nc1C)c1cccc(OC)c1. The number of hydrogen-bond donors (Lipinski definition) is 1. The first-order valence-corrected chi connectivity index (χ1v) is 9.36. The van der Waals surface area contributed by atoms with Gasteiger partial charge in [-0.2, -0.15) is 0 Å². The van der Waals surface area contributed by atoms with Crippen LogP contribution in [0, 0.1) is 6.92 Å². The van der Waals surface area contributed by atoms with Crippen molar-refractivity contribution < 1.29 is 19.1 Å². The van der Waals surface area contributed by atoms with Gasteiger partial charge in [-0.05, 0) is 38.0 Å². The van der Waals surface area contributed by atoms with E-state index in [1.54, 1.807) is 20.1 Å². The first-order chi connectivity index (χ1) is 12.5. The molecule has 0 saturated heterocycles. The van der Waals surface area contributed by atoms with Gasteiger partial charge in [0.1, 0.15) is 10.6 Å². The Balaban J connectivity index is 2.26. The van der Waals surface area contributed by atoms with Gasteiger partial charge in [-0.25, -0.2) is 4.98 Å². The van der Waals surface area contributed by atoms with Crippen molar-refractivity contribution in [3.8, 4) is 5.75 Å². The van der Waals surface area contributed by atoms with E-state index in [-0.39, 0.29) is 18.3 Å². The summed E-state index contributed by atoms with van der Waals surface area (Å²) in [5.41, 5.74) is 1.48. The highest BCUT2D eigenvalue weighted by molar-refractivity contribution is 7.13. The lowest BCUT2D eigenvalue weighted by Gasteiger charge is -2.19. The molecule has 1 amide bonds. The minimum absolute atomic E-state index is 0.0469. The van der Waals surface area contributed by atoms with Crippen LogP contribution in [-0.4, -0.2) is 30.6 Å². The lowest BCUT2D eigenvalue weighted by molar-refractivity contribution is -0.143. The number of amides is 1. The summed E-state index contributed by atoms with van der Waals surface area (Å²) in [5, 5.41) is 3.86. The van der Waals surface area contributed by atoms with E-state index in [0.717, 1.165) is 17.0 Å². The molecule has 140 valence electrons. The highest BCUT2D eigenvalue weighted by Gasteiger charge is 2.23. The summed E-state index contributed by atoms with van der Waals surface area (Å²) in [6.07, 6.45) is 0.826. The number of aromatic nitrogens is 1. The molecule has 1 aromatic heterocycles. The van der Waals surface area contributed by atoms with E-state index in [1.807, 2.05) is 32.0 Å². The van der Waals surface area contributed by atoms with Crippen molar-refractivity contribution in [2.45, 2.75) is 39.7 Å². The van der Waals surface area contributed by atoms with Crippen LogP contribution in [0.1, 0.15) is 52.2 Å². The van der Waals surface area contributed by atoms with Gasteiger partial charge in [0.15, 0.2) is 0 Å². The fourth-order valence-electron chi connectivity index (χ4n) is 2.54. The van der Waals surface area contributed by atoms with Crippen LogP contribution in [-0.2, 0) is 16.0 Å². The van der Waals surface area contributed by atoms with Gasteiger partial charge in [0.05, 0.1) is 36.9 Å². The molecule has 0 bridgehead atoms. The third-order valence-electron chi connectivity index (χ3n) is 3.83. The third kappa shape index (κ3) is 5.05. The lowest BCUT2D eigenvalue weighted by atomic mass is 10.0. The normalized spacial score (nSPS) is 11.7. The maximum Gasteiger partial charge on any atom is 0.308 e. The third-order valence-corrected chi connectivity index (χ3v) is 5.13. The molecule has 0 saturated carbocycles. The number of nitrogens with one attached hydrogen (secondary N) is 1. The van der Waals surface area contributed by atoms with Crippen LogP contribution in [0.15, 0.2) is 24.3 Å². The number of nitrogens with zero attached hydrogens (tertiary/aromatic N) is 1. The van der Waals surface area contributed by atoms with Crippen molar-refractivity contribution >= 4 is 23.2 Å². The number of carbonyl (C=O) groups excluding carboxylic acids is 2. The van der Waals surface area contributed by atoms with E-state index >= 15 is 0 Å². The molecule has 1 unspecified atom stereocenters. The Morgan fingerprint density at radius 2 is 2.08 bits per heavy atom. The summed E-state index contributed by atoms with van der Waals surface area (Å²) >= 11 is 1.38. The topological polar surface area (TPSA) is 77.5 Å². The number of benzene rings is 1. The van der Waals surface area contributed by atoms with Gasteiger partial charge in [0, 0.05) is 0 Å². The monoisotopic (exact) mass is 376 g/mol. The fraction of sp³-hybridized carbons (Fsp3) is 0.421. The number of rotatable bonds is 8. The number of carbonyl (C=O) groups is 2. The summed E-state index contributed by atoms with van der Waals surface area (Å²) in [7, 11) is 1.57. The van der Waals surface area contributed by atoms with E-state index in [0.29, 0.717) is 22.9 Å². The van der Waals surface area contributed by atoms with Gasteiger partial charge in [-0.1, -0.05) is 19.1 Å². The molecule has 6 nitrogen and oxygen atoms in total. The minimum Gasteiger partial charge on any atom is -0.497 e. The zero-order chi connectivity index (χ0) is 19.1. The maximum atomic E-state index is 12.7. The number of methoxy groups -OCH3 is 1. The highest BCUT2D eigenvalue weighted by Crippen LogP contribution is 2.24. The number of esters is 1. The Morgan fingerprint density at radius 1 is 1.31 bits per heavy atom. The van der Waals surface area contributed by atoms with Gasteiger partial charge in [0.2, 0.25) is 0 Å². The number of ether oxygens (including phenoxy) is 2. The van der Waals surface area contributed by atoms with Crippen molar-refractivity contribution in [1.82, 2.24) is 10.3 Å². The number of hydrogen-bond acceptors (Lipinski definition) is 6. The molecule has 1 N–H and O–H groups in total. The Hall–Kier alpha value is -2.41. The fourth-order valence-corrected chi connectivity index (χ4v) is 3.44. The lowest BCUT2D eigenvalue weighted by Crippen LogP contribution is -2.30. The highest BCUT2D eigenvalue weighted by atomic mass is 32.1. The summed E-state index contributed by atoms with van der Waals surface area (Å²) in [6.45, 7) is 5.87. The molecule has 2 aromatic rings. The van der Waals surface area contributed by atoms with Crippen LogP contribution in [0.25, 0.3) is 0 Å². The van der Waals surface area contributed by atoms with E-state index in [2.05, 4.69) is 10.3 Å². The smallest absolute Gasteiger partial charge is 0.308 e. The Labute approximate surface area is 157 Å². The average molecular weight is 376 g/mol. The average Bonchev–Trinajstić information content (AvgIpc) is 3.02. The molecule has 0 aliphatic rings. The van der Waals surface area contributed by atoms with E-state index in [4.69, 9.17) is 9.47 Å². The molecule has 26 heavy (non-hydrogen) atoms. The van der Waals surface area contributed by atoms with Gasteiger partial charge in [-0.3, -0.25) is 9.59 Å². The molecular formula is C19H24N2O4S. The Kier molecular flexibility index (Phi) is 7.15. The van der Waals surface area contributed by atoms with Gasteiger partial charge in [0.25, 0.3) is 5.91 Å². The van der Waals surface area contributed by atoms with E-state index in [9.17, 15) is 9.59 Å². The minimum atomic E-state index is -0.511. The van der Waals surface area contributed by atoms with Crippen LogP contribution in [0.2, 0.25) is 0 Å². The Morgan fingerprint density at radius 3 is 2.69 bits per heavy atom. The molecule has 0 fully saturated rings. The molecule has 0 aliphatic heterocycles. The molecule has 1 aromatic carbocycles. The number of aryl methyl sites for hydroxylation is 2. The molecule has 0 aliphatic carbocycles. The van der Waals surface area contributed by atoms with Crippen LogP contribution in [0.3, 0.4) is 0 Å². The zero-order valence-corrected chi connectivity index (χ0v) is 16.3. The zero-order valence-electron chi connectivity index (χ0n) is 15.5. The summed E-state index contributed by atoms with van der Waals surface area (Å²) < 4.78 is 10.3. The molecule has 0 spiro atoms. The van der Waals surface area contributed by atoms with E-state index < -0.39 is 6.04 Å². The van der Waals surface area contributed by atoms with Crippen LogP contribution in [0.4, 0.5) is 0 Å². The van der Waals surface area contributed by atoms with Gasteiger partial charge < -0.3 is 14.8 Å². The van der Waals surface area contributed by atoms with Crippen molar-refractivity contribution in [3.05, 3.63) is 45.4 Å². The molecule has 1 atom stereocenters. The van der Waals surface area contributed by atoms with Crippen molar-refractivity contribution in [2.24, 2.45) is 0 Å². The van der Waals surface area contributed by atoms with Gasteiger partial charge >= 0.3 is 5.97 Å². The standard InChI is InChI=1S/C19H24N2O4S/c1-5-16-20-12(3)18(26-16)19(23)21-15(11-17(22)25-6-2)13-8-7-9-14(10-13)24-4/h7-10,15H,5-6,11H2,1-4H3,(H,21,23). The maximum absolute atomic E-state index is 12.7. The summed E-state index contributed by atoms with van der Waals surface area (Å²) in [4.78, 5) is 29.7. The van der Waals surface area contributed by atoms with Crippen molar-refractivity contribution in [3.63, 3.8) is 0 Å². The molecular weight excluding hydrogens is 352 g/mol. The van der Waals surface area contributed by atoms with Crippen LogP contribution < -0.4 is 10.1 Å². The quantitative estimate of drug-likeness (QED) is 0.714. The Bertz CT molecular complexity index is 773. The van der Waals surface area contributed by atoms with Crippen LogP contribution >= 0.6 is 11.3 Å². The summed E-state index contributed by atoms with van der Waals surface area (Å²) in [6, 6.07) is 6.78. The molecule has 1 heterocycles. The van der Waals surface area contributed by atoms with Crippen LogP contribution in [0.5, 0.6) is 5.75 Å². The van der Waals surface area contributed by atoms with Crippen molar-refractivity contribution in [1.29, 1.82) is 0 Å². The molecule has 0 radical (unpaired) electrons. The second-order valence-electron chi connectivity index (χ2n) is 5.69. The second kappa shape index (κ2) is 9.33. The number of thiazole rings is 1. The first-order valence-electron chi connectivity index (χ1n) is 8.55. The van der Waals surface area contributed by atoms with Crippen molar-refractivity contribution in [2.75, 3.05) is 13.7 Å². The predicted octanol–water partition coefficient (Wildman–Crippen LogP) is 3.45. The van der Waals surface area contributed by atoms with E-state index in [1.165, 1.54) is 11.3 Å². The first kappa shape index (κ1) is 19.9. The summed E-state index contributed by atoms with van der Waals surface area (Å²) in [5.74, 6) is 0.0561. The largest absolute Gasteiger partial charge is 0.497 e. The molecule has 7 heteroatoms. The predicted molar refractivity (Wildman–Crippen MR) is 101 cm³/mol. The van der Waals surface area contributed by atoms with Gasteiger partial charge in [-0.15, -0.1) is 11.3 Å². The second-order valence-corrected chi connectivity index (χ2v) is 6.77.